The molecule has 0 aromatic carbocycles. The summed E-state index contributed by atoms with van der Waals surface area (Å²) in [6, 6.07) is 0.281. The van der Waals surface area contributed by atoms with Crippen molar-refractivity contribution in [2.45, 2.75) is 38.3 Å². The molecular formula is C11H17ClN4O. The smallest absolute Gasteiger partial charge is 0.157 e. The summed E-state index contributed by atoms with van der Waals surface area (Å²) in [4.78, 5) is 10.2. The summed E-state index contributed by atoms with van der Waals surface area (Å²) >= 11 is 5.89. The van der Waals surface area contributed by atoms with Crippen LogP contribution in [0.15, 0.2) is 6.33 Å². The summed E-state index contributed by atoms with van der Waals surface area (Å²) in [5.74, 6) is 0.688. The predicted molar refractivity (Wildman–Crippen MR) is 68.1 cm³/mol. The topological polar surface area (TPSA) is 75.3 Å². The van der Waals surface area contributed by atoms with Gasteiger partial charge in [0, 0.05) is 12.6 Å². The molecule has 1 aromatic rings. The molecule has 1 aliphatic rings. The Bertz CT molecular complexity index is 399. The van der Waals surface area contributed by atoms with Gasteiger partial charge in [0.1, 0.15) is 12.0 Å². The van der Waals surface area contributed by atoms with Crippen LogP contribution in [0.25, 0.3) is 0 Å². The molecule has 0 radical (unpaired) electrons. The van der Waals surface area contributed by atoms with Crippen LogP contribution in [0.5, 0.6) is 0 Å². The number of halogens is 1. The minimum absolute atomic E-state index is 0.281. The van der Waals surface area contributed by atoms with Crippen molar-refractivity contribution in [2.24, 2.45) is 0 Å². The molecule has 2 unspecified atom stereocenters. The second kappa shape index (κ2) is 5.06. The first-order valence-corrected chi connectivity index (χ1v) is 6.18. The van der Waals surface area contributed by atoms with Crippen molar-refractivity contribution in [3.8, 4) is 0 Å². The molecule has 1 fully saturated rings. The zero-order valence-corrected chi connectivity index (χ0v) is 10.6. The first-order valence-electron chi connectivity index (χ1n) is 5.80. The molecule has 1 aliphatic heterocycles. The summed E-state index contributed by atoms with van der Waals surface area (Å²) in [5, 5.41) is 9.77. The van der Waals surface area contributed by atoms with E-state index in [-0.39, 0.29) is 17.3 Å². The van der Waals surface area contributed by atoms with Crippen LogP contribution < -0.4 is 10.6 Å². The van der Waals surface area contributed by atoms with Crippen molar-refractivity contribution >= 4 is 23.1 Å². The highest BCUT2D eigenvalue weighted by Gasteiger charge is 2.28. The van der Waals surface area contributed by atoms with Gasteiger partial charge in [-0.05, 0) is 26.2 Å². The van der Waals surface area contributed by atoms with Gasteiger partial charge in [0.05, 0.1) is 6.10 Å². The van der Waals surface area contributed by atoms with Crippen LogP contribution in [0.3, 0.4) is 0 Å². The van der Waals surface area contributed by atoms with E-state index in [2.05, 4.69) is 14.9 Å². The Balaban J connectivity index is 2.23. The van der Waals surface area contributed by atoms with Crippen LogP contribution in [0.4, 0.5) is 11.5 Å². The van der Waals surface area contributed by atoms with Gasteiger partial charge in [-0.1, -0.05) is 11.6 Å². The number of aliphatic hydroxyl groups excluding tert-OH is 1. The molecule has 1 saturated heterocycles. The average molecular weight is 257 g/mol. The van der Waals surface area contributed by atoms with Gasteiger partial charge in [0.2, 0.25) is 0 Å². The third-order valence-corrected chi connectivity index (χ3v) is 3.38. The summed E-state index contributed by atoms with van der Waals surface area (Å²) in [6.07, 6.45) is 3.95. The molecule has 2 atom stereocenters. The van der Waals surface area contributed by atoms with Gasteiger partial charge in [-0.25, -0.2) is 9.97 Å². The van der Waals surface area contributed by atoms with Crippen molar-refractivity contribution in [3.05, 3.63) is 11.5 Å². The summed E-state index contributed by atoms with van der Waals surface area (Å²) < 4.78 is 0. The lowest BCUT2D eigenvalue weighted by atomic mass is 10.1. The molecule has 0 amide bonds. The highest BCUT2D eigenvalue weighted by atomic mass is 35.5. The van der Waals surface area contributed by atoms with Gasteiger partial charge in [0.15, 0.2) is 11.0 Å². The quantitative estimate of drug-likeness (QED) is 0.801. The molecule has 2 heterocycles. The van der Waals surface area contributed by atoms with E-state index in [1.807, 2.05) is 0 Å². The van der Waals surface area contributed by atoms with Crippen molar-refractivity contribution in [2.75, 3.05) is 17.2 Å². The van der Waals surface area contributed by atoms with E-state index in [1.165, 1.54) is 6.33 Å². The van der Waals surface area contributed by atoms with Gasteiger partial charge >= 0.3 is 0 Å². The highest BCUT2D eigenvalue weighted by Crippen LogP contribution is 2.32. The Labute approximate surface area is 106 Å². The molecule has 0 aliphatic carbocycles. The van der Waals surface area contributed by atoms with Crippen molar-refractivity contribution < 1.29 is 5.11 Å². The number of aromatic nitrogens is 2. The SMILES string of the molecule is CC(O)CC1CCCN1c1ncnc(Cl)c1N. The number of aliphatic hydroxyl groups is 1. The largest absolute Gasteiger partial charge is 0.393 e. The monoisotopic (exact) mass is 256 g/mol. The van der Waals surface area contributed by atoms with Gasteiger partial charge in [-0.3, -0.25) is 0 Å². The number of nitrogens with two attached hydrogens (primary N) is 1. The van der Waals surface area contributed by atoms with E-state index in [0.29, 0.717) is 11.5 Å². The van der Waals surface area contributed by atoms with Crippen molar-refractivity contribution in [3.63, 3.8) is 0 Å². The van der Waals surface area contributed by atoms with E-state index in [0.717, 1.165) is 25.8 Å². The summed E-state index contributed by atoms with van der Waals surface area (Å²) in [6.45, 7) is 2.70. The lowest BCUT2D eigenvalue weighted by Gasteiger charge is -2.27. The van der Waals surface area contributed by atoms with Crippen LogP contribution in [0.2, 0.25) is 5.15 Å². The Morgan fingerprint density at radius 1 is 1.65 bits per heavy atom. The van der Waals surface area contributed by atoms with Gasteiger partial charge < -0.3 is 15.7 Å². The van der Waals surface area contributed by atoms with E-state index >= 15 is 0 Å². The third-order valence-electron chi connectivity index (χ3n) is 3.08. The Hall–Kier alpha value is -1.07. The van der Waals surface area contributed by atoms with Gasteiger partial charge in [0.25, 0.3) is 0 Å². The highest BCUT2D eigenvalue weighted by molar-refractivity contribution is 6.32. The molecule has 5 nitrogen and oxygen atoms in total. The molecule has 0 saturated carbocycles. The molecule has 0 spiro atoms. The number of hydrogen-bond donors (Lipinski definition) is 2. The maximum atomic E-state index is 9.48. The van der Waals surface area contributed by atoms with Crippen LogP contribution in [-0.4, -0.2) is 33.8 Å². The first kappa shape index (κ1) is 12.4. The molecule has 3 N–H and O–H groups in total. The van der Waals surface area contributed by atoms with Crippen LogP contribution in [-0.2, 0) is 0 Å². The van der Waals surface area contributed by atoms with Crippen molar-refractivity contribution in [1.29, 1.82) is 0 Å². The molecule has 17 heavy (non-hydrogen) atoms. The number of nitrogen functional groups attached to an aromatic ring is 1. The van der Waals surface area contributed by atoms with E-state index < -0.39 is 0 Å². The van der Waals surface area contributed by atoms with Crippen LogP contribution in [0, 0.1) is 0 Å². The lowest BCUT2D eigenvalue weighted by molar-refractivity contribution is 0.175. The maximum Gasteiger partial charge on any atom is 0.157 e. The third kappa shape index (κ3) is 2.61. The Morgan fingerprint density at radius 3 is 3.12 bits per heavy atom. The molecular weight excluding hydrogens is 240 g/mol. The van der Waals surface area contributed by atoms with Gasteiger partial charge in [-0.2, -0.15) is 0 Å². The molecule has 94 valence electrons. The van der Waals surface area contributed by atoms with Crippen LogP contribution in [0.1, 0.15) is 26.2 Å². The average Bonchev–Trinajstić information content (AvgIpc) is 2.69. The van der Waals surface area contributed by atoms with E-state index in [9.17, 15) is 5.11 Å². The summed E-state index contributed by atoms with van der Waals surface area (Å²) in [5.41, 5.74) is 6.32. The fraction of sp³-hybridized carbons (Fsp3) is 0.636. The number of rotatable bonds is 3. The second-order valence-electron chi connectivity index (χ2n) is 4.48. The second-order valence-corrected chi connectivity index (χ2v) is 4.83. The fourth-order valence-corrected chi connectivity index (χ4v) is 2.48. The summed E-state index contributed by atoms with van der Waals surface area (Å²) in [7, 11) is 0. The number of hydrogen-bond acceptors (Lipinski definition) is 5. The molecule has 6 heteroatoms. The zero-order chi connectivity index (χ0) is 12.4. The number of anilines is 2. The fourth-order valence-electron chi connectivity index (χ4n) is 2.35. The minimum Gasteiger partial charge on any atom is -0.393 e. The number of nitrogens with zero attached hydrogens (tertiary/aromatic N) is 3. The van der Waals surface area contributed by atoms with Crippen molar-refractivity contribution in [1.82, 2.24) is 9.97 Å². The van der Waals surface area contributed by atoms with Crippen LogP contribution >= 0.6 is 11.6 Å². The Kier molecular flexibility index (Phi) is 3.69. The first-order chi connectivity index (χ1) is 8.09. The zero-order valence-electron chi connectivity index (χ0n) is 9.80. The molecule has 0 bridgehead atoms. The van der Waals surface area contributed by atoms with Gasteiger partial charge in [-0.15, -0.1) is 0 Å². The minimum atomic E-state index is -0.320. The molecule has 1 aromatic heterocycles. The predicted octanol–water partition coefficient (Wildman–Crippen LogP) is 1.45. The standard InChI is InChI=1S/C11H17ClN4O/c1-7(17)5-8-3-2-4-16(8)11-9(13)10(12)14-6-15-11/h6-8,17H,2-5,13H2,1H3. The maximum absolute atomic E-state index is 9.48. The normalized spacial score (nSPS) is 21.8. The lowest BCUT2D eigenvalue weighted by Crippen LogP contribution is -2.33. The van der Waals surface area contributed by atoms with E-state index in [4.69, 9.17) is 17.3 Å². The Morgan fingerprint density at radius 2 is 2.41 bits per heavy atom. The molecule has 2 rings (SSSR count). The van der Waals surface area contributed by atoms with E-state index in [1.54, 1.807) is 6.92 Å².